The van der Waals surface area contributed by atoms with Gasteiger partial charge in [0.15, 0.2) is 12.1 Å². The lowest BCUT2D eigenvalue weighted by Gasteiger charge is -2.35. The lowest BCUT2D eigenvalue weighted by Crippen LogP contribution is -2.52. The predicted octanol–water partition coefficient (Wildman–Crippen LogP) is 5.64. The number of halogens is 1. The number of fused-ring (bicyclic) bond motifs is 1. The second kappa shape index (κ2) is 17.6. The highest BCUT2D eigenvalue weighted by Crippen LogP contribution is 2.40. The first-order valence-electron chi connectivity index (χ1n) is 16.5. The molecule has 3 heterocycles. The van der Waals surface area contributed by atoms with Gasteiger partial charge in [0.1, 0.15) is 24.4 Å². The number of benzene rings is 1. The number of carbonyl (C=O) groups is 1. The highest BCUT2D eigenvalue weighted by molar-refractivity contribution is 7.90. The lowest BCUT2D eigenvalue weighted by molar-refractivity contribution is -0.230. The summed E-state index contributed by atoms with van der Waals surface area (Å²) >= 11 is 5.90. The molecule has 0 aliphatic carbocycles. The zero-order chi connectivity index (χ0) is 32.3. The van der Waals surface area contributed by atoms with Crippen molar-refractivity contribution in [2.24, 2.45) is 0 Å². The predicted molar refractivity (Wildman–Crippen MR) is 170 cm³/mol. The molecule has 1 unspecified atom stereocenters. The zero-order valence-corrected chi connectivity index (χ0v) is 28.5. The van der Waals surface area contributed by atoms with Crippen LogP contribution in [0.25, 0.3) is 0 Å². The summed E-state index contributed by atoms with van der Waals surface area (Å²) in [6, 6.07) is 5.51. The standard InChI is InChI=1S/C32H51ClN2O9S/c1-4-5-6-7-8-9-10-11-12-13-20-40-28-27(42-30-29(28)43-32(2,3)44-30)26(23-35-18-21-39-22-19-35)41-31(36)34-45(37,38)25-16-14-24(33)15-17-25/h14-17,26-30H,4-13,18-23H2,1-3H3,(H,34,36)/t26?,27-,28+,29-,30-/m1/s1. The molecule has 0 radical (unpaired) electrons. The summed E-state index contributed by atoms with van der Waals surface area (Å²) < 4.78 is 64.0. The summed E-state index contributed by atoms with van der Waals surface area (Å²) in [4.78, 5) is 15.1. The molecule has 1 aromatic rings. The summed E-state index contributed by atoms with van der Waals surface area (Å²) in [5.74, 6) is -0.858. The normalized spacial score (nSPS) is 25.6. The summed E-state index contributed by atoms with van der Waals surface area (Å²) in [6.45, 7) is 9.01. The number of morpholine rings is 1. The zero-order valence-electron chi connectivity index (χ0n) is 26.9. The van der Waals surface area contributed by atoms with Crippen molar-refractivity contribution in [3.05, 3.63) is 29.3 Å². The number of hydrogen-bond donors (Lipinski definition) is 1. The third kappa shape index (κ3) is 11.3. The maximum atomic E-state index is 13.1. The second-order valence-corrected chi connectivity index (χ2v) is 14.6. The van der Waals surface area contributed by atoms with Crippen LogP contribution in [0.1, 0.15) is 85.0 Å². The first-order valence-corrected chi connectivity index (χ1v) is 18.4. The molecule has 4 rings (SSSR count). The largest absolute Gasteiger partial charge is 0.441 e. The van der Waals surface area contributed by atoms with E-state index < -0.39 is 52.6 Å². The van der Waals surface area contributed by atoms with E-state index in [-0.39, 0.29) is 4.90 Å². The first-order chi connectivity index (χ1) is 21.6. The number of hydrogen-bond acceptors (Lipinski definition) is 10. The lowest BCUT2D eigenvalue weighted by atomic mass is 10.0. The minimum atomic E-state index is -4.19. The third-order valence-corrected chi connectivity index (χ3v) is 9.92. The fourth-order valence-electron chi connectivity index (χ4n) is 5.99. The third-order valence-electron chi connectivity index (χ3n) is 8.34. The van der Waals surface area contributed by atoms with Crippen LogP contribution in [0.2, 0.25) is 5.02 Å². The van der Waals surface area contributed by atoms with Crippen LogP contribution in [-0.2, 0) is 38.4 Å². The molecule has 1 N–H and O–H groups in total. The number of rotatable bonds is 18. The van der Waals surface area contributed by atoms with E-state index in [0.29, 0.717) is 44.5 Å². The average Bonchev–Trinajstić information content (AvgIpc) is 3.47. The molecule has 0 spiro atoms. The van der Waals surface area contributed by atoms with E-state index in [1.807, 2.05) is 18.6 Å². The van der Waals surface area contributed by atoms with Crippen LogP contribution in [0.5, 0.6) is 0 Å². The topological polar surface area (TPSA) is 122 Å². The molecule has 256 valence electrons. The molecule has 3 fully saturated rings. The fourth-order valence-corrected chi connectivity index (χ4v) is 7.00. The number of unbranched alkanes of at least 4 members (excludes halogenated alkanes) is 9. The van der Waals surface area contributed by atoms with Crippen molar-refractivity contribution < 1.29 is 41.6 Å². The molecule has 1 amide bonds. The van der Waals surface area contributed by atoms with Crippen molar-refractivity contribution in [1.29, 1.82) is 0 Å². The van der Waals surface area contributed by atoms with Gasteiger partial charge in [-0.25, -0.2) is 17.9 Å². The van der Waals surface area contributed by atoms with Crippen LogP contribution in [0.15, 0.2) is 29.2 Å². The fraction of sp³-hybridized carbons (Fsp3) is 0.781. The van der Waals surface area contributed by atoms with Crippen molar-refractivity contribution in [2.75, 3.05) is 39.5 Å². The van der Waals surface area contributed by atoms with Gasteiger partial charge < -0.3 is 28.4 Å². The van der Waals surface area contributed by atoms with Gasteiger partial charge in [0.05, 0.1) is 18.1 Å². The molecule has 5 atom stereocenters. The Kier molecular flexibility index (Phi) is 14.2. The van der Waals surface area contributed by atoms with Crippen LogP contribution in [0.3, 0.4) is 0 Å². The van der Waals surface area contributed by atoms with Gasteiger partial charge >= 0.3 is 6.09 Å². The van der Waals surface area contributed by atoms with Gasteiger partial charge in [0.25, 0.3) is 10.0 Å². The van der Waals surface area contributed by atoms with Crippen molar-refractivity contribution >= 4 is 27.7 Å². The van der Waals surface area contributed by atoms with E-state index >= 15 is 0 Å². The van der Waals surface area contributed by atoms with Crippen LogP contribution < -0.4 is 4.72 Å². The van der Waals surface area contributed by atoms with Gasteiger partial charge in [-0.3, -0.25) is 4.90 Å². The second-order valence-electron chi connectivity index (χ2n) is 12.5. The highest BCUT2D eigenvalue weighted by Gasteiger charge is 2.58. The maximum Gasteiger partial charge on any atom is 0.421 e. The quantitative estimate of drug-likeness (QED) is 0.196. The van der Waals surface area contributed by atoms with E-state index in [9.17, 15) is 13.2 Å². The molecule has 11 nitrogen and oxygen atoms in total. The van der Waals surface area contributed by atoms with Gasteiger partial charge in [-0.2, -0.15) is 0 Å². The highest BCUT2D eigenvalue weighted by atomic mass is 35.5. The van der Waals surface area contributed by atoms with Crippen LogP contribution in [-0.4, -0.2) is 95.4 Å². The summed E-state index contributed by atoms with van der Waals surface area (Å²) in [5.41, 5.74) is 0. The minimum absolute atomic E-state index is 0.109. The Morgan fingerprint density at radius 2 is 1.62 bits per heavy atom. The molecule has 3 aliphatic rings. The van der Waals surface area contributed by atoms with E-state index in [4.69, 9.17) is 40.0 Å². The summed E-state index contributed by atoms with van der Waals surface area (Å²) in [7, 11) is -4.19. The first kappa shape index (κ1) is 36.3. The van der Waals surface area contributed by atoms with Gasteiger partial charge in [0, 0.05) is 31.3 Å². The molecule has 3 aliphatic heterocycles. The van der Waals surface area contributed by atoms with Crippen molar-refractivity contribution in [3.63, 3.8) is 0 Å². The van der Waals surface area contributed by atoms with Crippen LogP contribution >= 0.6 is 11.6 Å². The number of nitrogens with zero attached hydrogens (tertiary/aromatic N) is 1. The van der Waals surface area contributed by atoms with Gasteiger partial charge in [0.2, 0.25) is 0 Å². The van der Waals surface area contributed by atoms with Gasteiger partial charge in [-0.1, -0.05) is 76.3 Å². The molecule has 0 bridgehead atoms. The van der Waals surface area contributed by atoms with Crippen LogP contribution in [0.4, 0.5) is 4.79 Å². The monoisotopic (exact) mass is 674 g/mol. The number of nitrogens with one attached hydrogen (secondary N) is 1. The van der Waals surface area contributed by atoms with E-state index in [0.717, 1.165) is 19.3 Å². The Hall–Kier alpha value is -1.51. The molecular weight excluding hydrogens is 624 g/mol. The van der Waals surface area contributed by atoms with E-state index in [2.05, 4.69) is 11.8 Å². The molecule has 0 saturated carbocycles. The Bertz CT molecular complexity index is 1150. The van der Waals surface area contributed by atoms with Gasteiger partial charge in [-0.05, 0) is 44.5 Å². The molecule has 0 aromatic heterocycles. The Morgan fingerprint density at radius 3 is 2.27 bits per heavy atom. The van der Waals surface area contributed by atoms with Gasteiger partial charge in [-0.15, -0.1) is 0 Å². The summed E-state index contributed by atoms with van der Waals surface area (Å²) in [5, 5.41) is 0.377. The Morgan fingerprint density at radius 1 is 1.00 bits per heavy atom. The molecule has 1 aromatic carbocycles. The maximum absolute atomic E-state index is 13.1. The SMILES string of the molecule is CCCCCCCCCCCCO[C@@H]1[C@H]2OC(C)(C)O[C@H]2O[C@@H]1C(CN1CCOCC1)OC(=O)NS(=O)(=O)c1ccc(Cl)cc1. The molecule has 13 heteroatoms. The molecule has 45 heavy (non-hydrogen) atoms. The number of sulfonamides is 1. The number of ether oxygens (including phenoxy) is 6. The molecular formula is C32H51ClN2O9S. The number of amides is 1. The van der Waals surface area contributed by atoms with E-state index in [1.165, 1.54) is 69.2 Å². The minimum Gasteiger partial charge on any atom is -0.441 e. The van der Waals surface area contributed by atoms with Crippen molar-refractivity contribution in [3.8, 4) is 0 Å². The van der Waals surface area contributed by atoms with Crippen LogP contribution in [0, 0.1) is 0 Å². The van der Waals surface area contributed by atoms with Crippen molar-refractivity contribution in [1.82, 2.24) is 9.62 Å². The molecule has 3 saturated heterocycles. The average molecular weight is 675 g/mol. The van der Waals surface area contributed by atoms with E-state index in [1.54, 1.807) is 0 Å². The summed E-state index contributed by atoms with van der Waals surface area (Å²) in [6.07, 6.45) is 7.58. The Balaban J connectivity index is 1.38. The smallest absolute Gasteiger partial charge is 0.421 e. The Labute approximate surface area is 273 Å². The number of carbonyl (C=O) groups excluding carboxylic acids is 1. The van der Waals surface area contributed by atoms with Crippen molar-refractivity contribution in [2.45, 2.75) is 126 Å².